The number of hydrogen-bond acceptors (Lipinski definition) is 6. The van der Waals surface area contributed by atoms with Crippen molar-refractivity contribution in [3.05, 3.63) is 11.7 Å². The van der Waals surface area contributed by atoms with Gasteiger partial charge in [0.15, 0.2) is 5.82 Å². The van der Waals surface area contributed by atoms with E-state index in [9.17, 15) is 9.59 Å². The quantitative estimate of drug-likeness (QED) is 0.788. The lowest BCUT2D eigenvalue weighted by Gasteiger charge is -2.43. The maximum atomic E-state index is 12.7. The molecule has 8 nitrogen and oxygen atoms in total. The van der Waals surface area contributed by atoms with Gasteiger partial charge in [0.05, 0.1) is 5.92 Å². The van der Waals surface area contributed by atoms with E-state index in [0.29, 0.717) is 38.0 Å². The highest BCUT2D eigenvalue weighted by atomic mass is 16.5. The van der Waals surface area contributed by atoms with Gasteiger partial charge >= 0.3 is 0 Å². The average Bonchev–Trinajstić information content (AvgIpc) is 3.24. The fraction of sp³-hybridized carbons (Fsp3) is 0.750. The predicted molar refractivity (Wildman–Crippen MR) is 84.0 cm³/mol. The fourth-order valence-corrected chi connectivity index (χ4v) is 3.38. The first-order chi connectivity index (χ1) is 11.5. The Morgan fingerprint density at radius 2 is 1.88 bits per heavy atom. The number of hydrogen-bond donors (Lipinski definition) is 0. The molecule has 0 aromatic carbocycles. The number of likely N-dealkylation sites (N-methyl/N-ethyl adjacent to an activating group) is 1. The molecule has 3 aliphatic rings. The van der Waals surface area contributed by atoms with Crippen molar-refractivity contribution in [2.75, 3.05) is 39.8 Å². The minimum absolute atomic E-state index is 0.0359. The molecule has 1 saturated carbocycles. The lowest BCUT2D eigenvalue weighted by molar-refractivity contribution is -0.149. The second-order valence-electron chi connectivity index (χ2n) is 7.17. The van der Waals surface area contributed by atoms with Crippen molar-refractivity contribution >= 4 is 11.8 Å². The van der Waals surface area contributed by atoms with E-state index in [1.807, 2.05) is 11.9 Å². The van der Waals surface area contributed by atoms with Crippen LogP contribution in [-0.2, 0) is 9.59 Å². The summed E-state index contributed by atoms with van der Waals surface area (Å²) >= 11 is 0. The highest BCUT2D eigenvalue weighted by Gasteiger charge is 2.40. The van der Waals surface area contributed by atoms with Gasteiger partial charge in [0, 0.05) is 45.6 Å². The molecule has 8 heteroatoms. The fourth-order valence-electron chi connectivity index (χ4n) is 3.38. The minimum Gasteiger partial charge on any atom is -0.341 e. The van der Waals surface area contributed by atoms with E-state index in [4.69, 9.17) is 4.52 Å². The zero-order valence-electron chi connectivity index (χ0n) is 14.1. The molecule has 3 heterocycles. The van der Waals surface area contributed by atoms with E-state index in [0.717, 1.165) is 25.2 Å². The topological polar surface area (TPSA) is 82.8 Å². The Kier molecular flexibility index (Phi) is 3.79. The van der Waals surface area contributed by atoms with E-state index in [1.165, 1.54) is 0 Å². The summed E-state index contributed by atoms with van der Waals surface area (Å²) in [6, 6.07) is -0.0494. The Hall–Kier alpha value is -1.96. The lowest BCUT2D eigenvalue weighted by atomic mass is 9.97. The van der Waals surface area contributed by atoms with Crippen LogP contribution >= 0.6 is 0 Å². The van der Waals surface area contributed by atoms with Crippen LogP contribution in [0.4, 0.5) is 0 Å². The Balaban J connectivity index is 1.40. The van der Waals surface area contributed by atoms with E-state index < -0.39 is 0 Å². The van der Waals surface area contributed by atoms with Gasteiger partial charge in [0.2, 0.25) is 17.7 Å². The van der Waals surface area contributed by atoms with Gasteiger partial charge < -0.3 is 14.3 Å². The summed E-state index contributed by atoms with van der Waals surface area (Å²) in [5.41, 5.74) is 0. The normalized spacial score (nSPS) is 25.7. The molecule has 1 atom stereocenters. The minimum atomic E-state index is -0.0670. The van der Waals surface area contributed by atoms with Crippen LogP contribution < -0.4 is 0 Å². The number of amides is 2. The predicted octanol–water partition coefficient (Wildman–Crippen LogP) is 0.240. The number of piperazine rings is 1. The summed E-state index contributed by atoms with van der Waals surface area (Å²) in [6.07, 6.45) is 2.27. The van der Waals surface area contributed by atoms with Gasteiger partial charge in [-0.2, -0.15) is 4.98 Å². The molecule has 1 aliphatic carbocycles. The van der Waals surface area contributed by atoms with Crippen LogP contribution in [0.15, 0.2) is 4.52 Å². The van der Waals surface area contributed by atoms with Gasteiger partial charge in [-0.25, -0.2) is 0 Å². The summed E-state index contributed by atoms with van der Waals surface area (Å²) in [5, 5.41) is 4.09. The van der Waals surface area contributed by atoms with Crippen LogP contribution in [0.3, 0.4) is 0 Å². The van der Waals surface area contributed by atoms with Gasteiger partial charge in [-0.3, -0.25) is 14.5 Å². The molecule has 4 rings (SSSR count). The third-order valence-corrected chi connectivity index (χ3v) is 5.32. The monoisotopic (exact) mass is 333 g/mol. The van der Waals surface area contributed by atoms with Crippen LogP contribution in [0.25, 0.3) is 0 Å². The molecule has 0 radical (unpaired) electrons. The van der Waals surface area contributed by atoms with Crippen LogP contribution in [0.5, 0.6) is 0 Å². The smallest absolute Gasteiger partial charge is 0.245 e. The maximum Gasteiger partial charge on any atom is 0.245 e. The number of nitrogens with zero attached hydrogens (tertiary/aromatic N) is 5. The summed E-state index contributed by atoms with van der Waals surface area (Å²) in [6.45, 7) is 4.67. The molecule has 1 aromatic rings. The van der Waals surface area contributed by atoms with Gasteiger partial charge in [0.1, 0.15) is 6.04 Å². The molecule has 24 heavy (non-hydrogen) atoms. The van der Waals surface area contributed by atoms with Crippen molar-refractivity contribution in [1.29, 1.82) is 0 Å². The number of carbonyl (C=O) groups is 2. The van der Waals surface area contributed by atoms with Gasteiger partial charge in [-0.05, 0) is 19.9 Å². The van der Waals surface area contributed by atoms with Crippen molar-refractivity contribution in [3.8, 4) is 0 Å². The largest absolute Gasteiger partial charge is 0.341 e. The maximum absolute atomic E-state index is 12.7. The Bertz CT molecular complexity index is 650. The standard InChI is InChI=1S/C16H23N5O3/c1-10(22)21-7-12(8-21)16(23)20-6-5-19(2)13(9-20)15-17-14(18-24-15)11-3-4-11/h11-13H,3-9H2,1-2H3/t13-/m1/s1. The summed E-state index contributed by atoms with van der Waals surface area (Å²) in [7, 11) is 2.02. The molecule has 2 aliphatic heterocycles. The van der Waals surface area contributed by atoms with Gasteiger partial charge in [-0.1, -0.05) is 5.16 Å². The third-order valence-electron chi connectivity index (χ3n) is 5.32. The van der Waals surface area contributed by atoms with Crippen molar-refractivity contribution in [2.24, 2.45) is 5.92 Å². The number of rotatable bonds is 3. The van der Waals surface area contributed by atoms with E-state index in [-0.39, 0.29) is 23.8 Å². The molecule has 3 fully saturated rings. The Morgan fingerprint density at radius 1 is 1.12 bits per heavy atom. The second kappa shape index (κ2) is 5.84. The molecule has 0 unspecified atom stereocenters. The van der Waals surface area contributed by atoms with E-state index in [1.54, 1.807) is 11.8 Å². The third kappa shape index (κ3) is 2.79. The van der Waals surface area contributed by atoms with Crippen molar-refractivity contribution in [3.63, 3.8) is 0 Å². The van der Waals surface area contributed by atoms with E-state index in [2.05, 4.69) is 15.0 Å². The molecule has 0 spiro atoms. The number of aromatic nitrogens is 2. The molecule has 2 saturated heterocycles. The Labute approximate surface area is 140 Å². The molecular weight excluding hydrogens is 310 g/mol. The van der Waals surface area contributed by atoms with Gasteiger partial charge in [0.25, 0.3) is 0 Å². The SMILES string of the molecule is CC(=O)N1CC(C(=O)N2CCN(C)[C@@H](c3nc(C4CC4)no3)C2)C1. The van der Waals surface area contributed by atoms with Crippen LogP contribution in [-0.4, -0.2) is 76.4 Å². The van der Waals surface area contributed by atoms with Crippen molar-refractivity contribution < 1.29 is 14.1 Å². The van der Waals surface area contributed by atoms with Crippen LogP contribution in [0.2, 0.25) is 0 Å². The Morgan fingerprint density at radius 3 is 2.54 bits per heavy atom. The summed E-state index contributed by atoms with van der Waals surface area (Å²) in [5.74, 6) is 1.97. The summed E-state index contributed by atoms with van der Waals surface area (Å²) in [4.78, 5) is 34.2. The molecule has 0 N–H and O–H groups in total. The zero-order valence-corrected chi connectivity index (χ0v) is 14.1. The molecule has 130 valence electrons. The van der Waals surface area contributed by atoms with Crippen molar-refractivity contribution in [2.45, 2.75) is 31.7 Å². The molecule has 0 bridgehead atoms. The van der Waals surface area contributed by atoms with Crippen molar-refractivity contribution in [1.82, 2.24) is 24.8 Å². The van der Waals surface area contributed by atoms with E-state index >= 15 is 0 Å². The van der Waals surface area contributed by atoms with Crippen LogP contribution in [0, 0.1) is 5.92 Å². The highest BCUT2D eigenvalue weighted by Crippen LogP contribution is 2.39. The second-order valence-corrected chi connectivity index (χ2v) is 7.17. The molecule has 1 aromatic heterocycles. The number of likely N-dealkylation sites (tertiary alicyclic amines) is 1. The lowest BCUT2D eigenvalue weighted by Crippen LogP contribution is -2.58. The molecule has 2 amide bonds. The number of carbonyl (C=O) groups excluding carboxylic acids is 2. The molecular formula is C16H23N5O3. The highest BCUT2D eigenvalue weighted by molar-refractivity contribution is 5.83. The average molecular weight is 333 g/mol. The summed E-state index contributed by atoms with van der Waals surface area (Å²) < 4.78 is 5.46. The van der Waals surface area contributed by atoms with Crippen LogP contribution in [0.1, 0.15) is 43.4 Å². The van der Waals surface area contributed by atoms with Gasteiger partial charge in [-0.15, -0.1) is 0 Å². The first kappa shape index (κ1) is 15.6. The first-order valence-electron chi connectivity index (χ1n) is 8.61. The zero-order chi connectivity index (χ0) is 16.8. The first-order valence-corrected chi connectivity index (χ1v) is 8.61.